The normalized spacial score (nSPS) is 11.9. The molecule has 0 aliphatic carbocycles. The van der Waals surface area contributed by atoms with Crippen molar-refractivity contribution in [2.75, 3.05) is 5.33 Å². The Kier molecular flexibility index (Phi) is 2.19. The van der Waals surface area contributed by atoms with Crippen LogP contribution in [0.15, 0.2) is 18.3 Å². The fourth-order valence-electron chi connectivity index (χ4n) is 0.823. The van der Waals surface area contributed by atoms with Crippen LogP contribution in [-0.2, 0) is 5.41 Å². The van der Waals surface area contributed by atoms with Crippen molar-refractivity contribution in [1.29, 1.82) is 0 Å². The van der Waals surface area contributed by atoms with Gasteiger partial charge in [-0.1, -0.05) is 29.8 Å². The first-order chi connectivity index (χ1) is 4.67. The Bertz CT molecular complexity index is 189. The first kappa shape index (κ1) is 7.86. The molecule has 0 amide bonds. The van der Waals surface area contributed by atoms with Crippen LogP contribution >= 0.6 is 15.9 Å². The highest BCUT2D eigenvalue weighted by molar-refractivity contribution is 9.09. The Morgan fingerprint density at radius 2 is 2.30 bits per heavy atom. The standard InChI is InChI=1S/C8H12BrN/c1-8(2,6-9)7-4-3-5-10-7/h3-5,10H,6H2,1-2H3. The molecule has 0 bridgehead atoms. The van der Waals surface area contributed by atoms with Crippen molar-refractivity contribution in [2.45, 2.75) is 19.3 Å². The molecule has 1 nitrogen and oxygen atoms in total. The van der Waals surface area contributed by atoms with Gasteiger partial charge >= 0.3 is 0 Å². The predicted octanol–water partition coefficient (Wildman–Crippen LogP) is 2.69. The van der Waals surface area contributed by atoms with E-state index in [1.165, 1.54) is 5.69 Å². The van der Waals surface area contributed by atoms with Gasteiger partial charge in [-0.15, -0.1) is 0 Å². The summed E-state index contributed by atoms with van der Waals surface area (Å²) in [6.45, 7) is 4.40. The third-order valence-corrected chi connectivity index (χ3v) is 3.06. The van der Waals surface area contributed by atoms with Crippen LogP contribution in [0.4, 0.5) is 0 Å². The van der Waals surface area contributed by atoms with Gasteiger partial charge in [0, 0.05) is 22.6 Å². The number of alkyl halides is 1. The summed E-state index contributed by atoms with van der Waals surface area (Å²) in [7, 11) is 0. The summed E-state index contributed by atoms with van der Waals surface area (Å²) in [6.07, 6.45) is 1.96. The minimum absolute atomic E-state index is 0.226. The zero-order chi connectivity index (χ0) is 7.61. The molecule has 0 radical (unpaired) electrons. The number of H-pyrrole nitrogens is 1. The molecule has 1 aromatic heterocycles. The van der Waals surface area contributed by atoms with Crippen molar-refractivity contribution < 1.29 is 0 Å². The Hall–Kier alpha value is -0.240. The van der Waals surface area contributed by atoms with Gasteiger partial charge in [-0.25, -0.2) is 0 Å². The number of nitrogens with one attached hydrogen (secondary N) is 1. The van der Waals surface area contributed by atoms with Crippen LogP contribution < -0.4 is 0 Å². The summed E-state index contributed by atoms with van der Waals surface area (Å²) in [5.74, 6) is 0. The molecule has 2 heteroatoms. The van der Waals surface area contributed by atoms with E-state index in [1.807, 2.05) is 12.3 Å². The topological polar surface area (TPSA) is 15.8 Å². The van der Waals surface area contributed by atoms with Crippen molar-refractivity contribution >= 4 is 15.9 Å². The van der Waals surface area contributed by atoms with E-state index in [2.05, 4.69) is 40.8 Å². The van der Waals surface area contributed by atoms with E-state index in [0.29, 0.717) is 0 Å². The molecular formula is C8H12BrN. The van der Waals surface area contributed by atoms with Gasteiger partial charge in [0.1, 0.15) is 0 Å². The Morgan fingerprint density at radius 1 is 1.60 bits per heavy atom. The molecule has 0 spiro atoms. The van der Waals surface area contributed by atoms with Crippen LogP contribution in [-0.4, -0.2) is 10.3 Å². The minimum Gasteiger partial charge on any atom is -0.365 e. The van der Waals surface area contributed by atoms with Gasteiger partial charge in [-0.3, -0.25) is 0 Å². The average Bonchev–Trinajstić information content (AvgIpc) is 2.38. The lowest BCUT2D eigenvalue weighted by Crippen LogP contribution is -2.18. The van der Waals surface area contributed by atoms with Crippen LogP contribution in [0.2, 0.25) is 0 Å². The molecule has 0 aliphatic rings. The average molecular weight is 202 g/mol. The van der Waals surface area contributed by atoms with Gasteiger partial charge in [0.05, 0.1) is 0 Å². The number of aromatic nitrogens is 1. The second-order valence-corrected chi connectivity index (χ2v) is 3.66. The molecule has 0 fully saturated rings. The van der Waals surface area contributed by atoms with Crippen LogP contribution in [0, 0.1) is 0 Å². The molecule has 0 aliphatic heterocycles. The number of aromatic amines is 1. The monoisotopic (exact) mass is 201 g/mol. The Labute approximate surface area is 70.0 Å². The maximum Gasteiger partial charge on any atom is 0.0212 e. The van der Waals surface area contributed by atoms with Gasteiger partial charge < -0.3 is 4.98 Å². The quantitative estimate of drug-likeness (QED) is 0.709. The summed E-state index contributed by atoms with van der Waals surface area (Å²) in [5.41, 5.74) is 1.51. The third-order valence-electron chi connectivity index (χ3n) is 1.66. The largest absolute Gasteiger partial charge is 0.365 e. The summed E-state index contributed by atoms with van der Waals surface area (Å²) in [6, 6.07) is 4.14. The zero-order valence-electron chi connectivity index (χ0n) is 6.32. The smallest absolute Gasteiger partial charge is 0.0212 e. The predicted molar refractivity (Wildman–Crippen MR) is 47.6 cm³/mol. The van der Waals surface area contributed by atoms with Gasteiger partial charge in [-0.05, 0) is 12.1 Å². The van der Waals surface area contributed by atoms with Gasteiger partial charge in [0.2, 0.25) is 0 Å². The SMILES string of the molecule is CC(C)(CBr)c1ccc[nH]1. The van der Waals surface area contributed by atoms with E-state index in [1.54, 1.807) is 0 Å². The van der Waals surface area contributed by atoms with Gasteiger partial charge in [0.25, 0.3) is 0 Å². The molecule has 0 saturated carbocycles. The lowest BCUT2D eigenvalue weighted by atomic mass is 9.93. The number of halogens is 1. The molecule has 1 rings (SSSR count). The molecule has 0 aromatic carbocycles. The lowest BCUT2D eigenvalue weighted by molar-refractivity contribution is 0.588. The van der Waals surface area contributed by atoms with Crippen LogP contribution in [0.1, 0.15) is 19.5 Å². The summed E-state index contributed by atoms with van der Waals surface area (Å²) in [4.78, 5) is 3.20. The van der Waals surface area contributed by atoms with E-state index in [0.717, 1.165) is 5.33 Å². The first-order valence-electron chi connectivity index (χ1n) is 3.36. The fraction of sp³-hybridized carbons (Fsp3) is 0.500. The third kappa shape index (κ3) is 1.43. The van der Waals surface area contributed by atoms with Crippen molar-refractivity contribution in [3.63, 3.8) is 0 Å². The summed E-state index contributed by atoms with van der Waals surface area (Å²) >= 11 is 3.47. The molecular weight excluding hydrogens is 190 g/mol. The van der Waals surface area contributed by atoms with E-state index in [4.69, 9.17) is 0 Å². The molecule has 1 aromatic rings. The van der Waals surface area contributed by atoms with E-state index in [-0.39, 0.29) is 5.41 Å². The number of rotatable bonds is 2. The molecule has 0 atom stereocenters. The highest BCUT2D eigenvalue weighted by Gasteiger charge is 2.18. The van der Waals surface area contributed by atoms with E-state index in [9.17, 15) is 0 Å². The Morgan fingerprint density at radius 3 is 2.70 bits per heavy atom. The minimum atomic E-state index is 0.226. The first-order valence-corrected chi connectivity index (χ1v) is 4.49. The number of hydrogen-bond acceptors (Lipinski definition) is 0. The highest BCUT2D eigenvalue weighted by atomic mass is 79.9. The second kappa shape index (κ2) is 2.79. The fourth-order valence-corrected chi connectivity index (χ4v) is 1.13. The molecule has 10 heavy (non-hydrogen) atoms. The maximum atomic E-state index is 3.47. The van der Waals surface area contributed by atoms with Crippen LogP contribution in [0.3, 0.4) is 0 Å². The number of hydrogen-bond donors (Lipinski definition) is 1. The Balaban J connectivity index is 2.85. The van der Waals surface area contributed by atoms with Crippen molar-refractivity contribution in [1.82, 2.24) is 4.98 Å². The highest BCUT2D eigenvalue weighted by Crippen LogP contribution is 2.22. The van der Waals surface area contributed by atoms with Crippen LogP contribution in [0.5, 0.6) is 0 Å². The molecule has 1 N–H and O–H groups in total. The van der Waals surface area contributed by atoms with Gasteiger partial charge in [0.15, 0.2) is 0 Å². The van der Waals surface area contributed by atoms with E-state index < -0.39 is 0 Å². The molecule has 1 heterocycles. The van der Waals surface area contributed by atoms with Crippen LogP contribution in [0.25, 0.3) is 0 Å². The molecule has 0 saturated heterocycles. The lowest BCUT2D eigenvalue weighted by Gasteiger charge is -2.19. The second-order valence-electron chi connectivity index (χ2n) is 3.10. The zero-order valence-corrected chi connectivity index (χ0v) is 7.90. The molecule has 0 unspecified atom stereocenters. The van der Waals surface area contributed by atoms with E-state index >= 15 is 0 Å². The maximum absolute atomic E-state index is 3.47. The van der Waals surface area contributed by atoms with Crippen molar-refractivity contribution in [3.8, 4) is 0 Å². The van der Waals surface area contributed by atoms with Crippen molar-refractivity contribution in [3.05, 3.63) is 24.0 Å². The summed E-state index contributed by atoms with van der Waals surface area (Å²) < 4.78 is 0. The molecule has 56 valence electrons. The summed E-state index contributed by atoms with van der Waals surface area (Å²) in [5, 5.41) is 0.987. The van der Waals surface area contributed by atoms with Gasteiger partial charge in [-0.2, -0.15) is 0 Å². The van der Waals surface area contributed by atoms with Crippen molar-refractivity contribution in [2.24, 2.45) is 0 Å².